The van der Waals surface area contributed by atoms with Gasteiger partial charge < -0.3 is 9.52 Å². The van der Waals surface area contributed by atoms with Crippen molar-refractivity contribution in [1.82, 2.24) is 4.90 Å². The van der Waals surface area contributed by atoms with Crippen molar-refractivity contribution in [3.8, 4) is 0 Å². The molecule has 0 bridgehead atoms. The van der Waals surface area contributed by atoms with E-state index in [9.17, 15) is 5.11 Å². The molecule has 2 rings (SSSR count). The first-order valence-electron chi connectivity index (χ1n) is 7.08. The Labute approximate surface area is 120 Å². The lowest BCUT2D eigenvalue weighted by atomic mass is 10.1. The van der Waals surface area contributed by atoms with Crippen molar-refractivity contribution in [2.45, 2.75) is 39.5 Å². The first-order valence-corrected chi connectivity index (χ1v) is 7.08. The zero-order valence-corrected chi connectivity index (χ0v) is 12.4. The van der Waals surface area contributed by atoms with Gasteiger partial charge in [-0.15, -0.1) is 0 Å². The fraction of sp³-hybridized carbons (Fsp3) is 0.412. The molecule has 2 aromatic rings. The fourth-order valence-corrected chi connectivity index (χ4v) is 2.23. The van der Waals surface area contributed by atoms with Gasteiger partial charge in [0, 0.05) is 12.6 Å². The second-order valence-electron chi connectivity index (χ2n) is 5.46. The largest absolute Gasteiger partial charge is 0.465 e. The van der Waals surface area contributed by atoms with Crippen molar-refractivity contribution in [3.05, 3.63) is 59.5 Å². The van der Waals surface area contributed by atoms with Crippen molar-refractivity contribution in [3.63, 3.8) is 0 Å². The van der Waals surface area contributed by atoms with Gasteiger partial charge in [-0.25, -0.2) is 0 Å². The van der Waals surface area contributed by atoms with E-state index < -0.39 is 6.10 Å². The number of aliphatic hydroxyl groups excluding tert-OH is 1. The summed E-state index contributed by atoms with van der Waals surface area (Å²) in [6.07, 6.45) is -0.477. The molecule has 108 valence electrons. The van der Waals surface area contributed by atoms with Gasteiger partial charge in [-0.05, 0) is 38.5 Å². The number of aliphatic hydroxyl groups is 1. The van der Waals surface area contributed by atoms with Crippen LogP contribution in [0.4, 0.5) is 0 Å². The van der Waals surface area contributed by atoms with Crippen LogP contribution in [0.25, 0.3) is 0 Å². The molecular weight excluding hydrogens is 250 g/mol. The van der Waals surface area contributed by atoms with E-state index in [0.29, 0.717) is 12.6 Å². The minimum absolute atomic E-state index is 0.346. The van der Waals surface area contributed by atoms with Crippen molar-refractivity contribution in [2.24, 2.45) is 0 Å². The van der Waals surface area contributed by atoms with Crippen molar-refractivity contribution >= 4 is 0 Å². The average molecular weight is 273 g/mol. The lowest BCUT2D eigenvalue weighted by molar-refractivity contribution is 0.0860. The number of aryl methyl sites for hydroxylation is 1. The molecule has 0 amide bonds. The maximum absolute atomic E-state index is 10.4. The molecule has 0 saturated carbocycles. The second kappa shape index (κ2) is 6.73. The van der Waals surface area contributed by atoms with E-state index in [1.54, 1.807) is 0 Å². The lowest BCUT2D eigenvalue weighted by Crippen LogP contribution is -2.34. The maximum Gasteiger partial charge on any atom is 0.118 e. The molecule has 0 radical (unpaired) electrons. The van der Waals surface area contributed by atoms with Gasteiger partial charge in [0.25, 0.3) is 0 Å². The Morgan fingerprint density at radius 3 is 2.35 bits per heavy atom. The number of nitrogens with zero attached hydrogens (tertiary/aromatic N) is 1. The van der Waals surface area contributed by atoms with E-state index >= 15 is 0 Å². The van der Waals surface area contributed by atoms with E-state index in [0.717, 1.165) is 23.6 Å². The van der Waals surface area contributed by atoms with Crippen LogP contribution >= 0.6 is 0 Å². The number of hydrogen-bond donors (Lipinski definition) is 1. The normalized spacial score (nSPS) is 13.1. The summed E-state index contributed by atoms with van der Waals surface area (Å²) in [6, 6.07) is 14.1. The number of furan rings is 1. The molecule has 3 heteroatoms. The molecule has 1 N–H and O–H groups in total. The molecular formula is C17H23NO2. The Morgan fingerprint density at radius 1 is 1.10 bits per heavy atom. The summed E-state index contributed by atoms with van der Waals surface area (Å²) in [5.41, 5.74) is 0.953. The molecule has 1 atom stereocenters. The third kappa shape index (κ3) is 3.95. The zero-order chi connectivity index (χ0) is 14.5. The van der Waals surface area contributed by atoms with E-state index in [2.05, 4.69) is 18.7 Å². The van der Waals surface area contributed by atoms with E-state index in [1.807, 2.05) is 49.4 Å². The summed E-state index contributed by atoms with van der Waals surface area (Å²) in [6.45, 7) is 7.53. The van der Waals surface area contributed by atoms with Crippen LogP contribution in [0.15, 0.2) is 46.9 Å². The van der Waals surface area contributed by atoms with Crippen LogP contribution in [-0.4, -0.2) is 22.6 Å². The minimum Gasteiger partial charge on any atom is -0.465 e. The van der Waals surface area contributed by atoms with Crippen molar-refractivity contribution in [2.75, 3.05) is 6.54 Å². The van der Waals surface area contributed by atoms with Gasteiger partial charge in [0.1, 0.15) is 11.5 Å². The summed E-state index contributed by atoms with van der Waals surface area (Å²) in [5, 5.41) is 10.4. The van der Waals surface area contributed by atoms with Crippen LogP contribution in [0.3, 0.4) is 0 Å². The molecule has 1 heterocycles. The Bertz CT molecular complexity index is 519. The smallest absolute Gasteiger partial charge is 0.118 e. The molecule has 0 aliphatic carbocycles. The highest BCUT2D eigenvalue weighted by Crippen LogP contribution is 2.18. The van der Waals surface area contributed by atoms with Crippen LogP contribution in [0.1, 0.15) is 37.0 Å². The highest BCUT2D eigenvalue weighted by atomic mass is 16.3. The molecule has 0 aliphatic rings. The second-order valence-corrected chi connectivity index (χ2v) is 5.46. The Kier molecular flexibility index (Phi) is 4.99. The summed E-state index contributed by atoms with van der Waals surface area (Å²) in [4.78, 5) is 2.22. The van der Waals surface area contributed by atoms with Gasteiger partial charge in [-0.3, -0.25) is 4.90 Å². The lowest BCUT2D eigenvalue weighted by Gasteiger charge is -2.28. The van der Waals surface area contributed by atoms with E-state index in [1.165, 1.54) is 0 Å². The predicted octanol–water partition coefficient (Wildman–Crippen LogP) is 3.53. The van der Waals surface area contributed by atoms with Crippen LogP contribution in [0.5, 0.6) is 0 Å². The zero-order valence-electron chi connectivity index (χ0n) is 12.4. The molecule has 3 nitrogen and oxygen atoms in total. The molecule has 1 aromatic carbocycles. The van der Waals surface area contributed by atoms with Gasteiger partial charge in [0.05, 0.1) is 12.6 Å². The topological polar surface area (TPSA) is 36.6 Å². The highest BCUT2D eigenvalue weighted by molar-refractivity contribution is 5.17. The number of rotatable bonds is 6. The minimum atomic E-state index is -0.477. The van der Waals surface area contributed by atoms with Gasteiger partial charge in [-0.2, -0.15) is 0 Å². The Morgan fingerprint density at radius 2 is 1.80 bits per heavy atom. The SMILES string of the molecule is Cc1ccc(CN(CC(O)c2ccccc2)C(C)C)o1. The van der Waals surface area contributed by atoms with Gasteiger partial charge in [0.2, 0.25) is 0 Å². The van der Waals surface area contributed by atoms with Gasteiger partial charge in [-0.1, -0.05) is 30.3 Å². The molecule has 0 saturated heterocycles. The quantitative estimate of drug-likeness (QED) is 0.874. The van der Waals surface area contributed by atoms with Crippen LogP contribution in [-0.2, 0) is 6.54 Å². The molecule has 1 unspecified atom stereocenters. The van der Waals surface area contributed by atoms with E-state index in [4.69, 9.17) is 4.42 Å². The third-order valence-corrected chi connectivity index (χ3v) is 3.48. The highest BCUT2D eigenvalue weighted by Gasteiger charge is 2.17. The predicted molar refractivity (Wildman–Crippen MR) is 80.4 cm³/mol. The monoisotopic (exact) mass is 273 g/mol. The van der Waals surface area contributed by atoms with Crippen molar-refractivity contribution < 1.29 is 9.52 Å². The maximum atomic E-state index is 10.4. The summed E-state index contributed by atoms with van der Waals surface area (Å²) in [5.74, 6) is 1.86. The van der Waals surface area contributed by atoms with Gasteiger partial charge in [0.15, 0.2) is 0 Å². The van der Waals surface area contributed by atoms with Crippen LogP contribution < -0.4 is 0 Å². The van der Waals surface area contributed by atoms with E-state index in [-0.39, 0.29) is 0 Å². The standard InChI is InChI=1S/C17H23NO2/c1-13(2)18(11-16-10-9-14(3)20-16)12-17(19)15-7-5-4-6-8-15/h4-10,13,17,19H,11-12H2,1-3H3. The molecule has 0 aliphatic heterocycles. The molecule has 20 heavy (non-hydrogen) atoms. The molecule has 0 fully saturated rings. The average Bonchev–Trinajstić information content (AvgIpc) is 2.84. The molecule has 1 aromatic heterocycles. The number of hydrogen-bond acceptors (Lipinski definition) is 3. The Balaban J connectivity index is 2.02. The summed E-state index contributed by atoms with van der Waals surface area (Å²) in [7, 11) is 0. The first-order chi connectivity index (χ1) is 9.56. The summed E-state index contributed by atoms with van der Waals surface area (Å²) >= 11 is 0. The summed E-state index contributed by atoms with van der Waals surface area (Å²) < 4.78 is 5.63. The van der Waals surface area contributed by atoms with Crippen LogP contribution in [0, 0.1) is 6.92 Å². The van der Waals surface area contributed by atoms with Gasteiger partial charge >= 0.3 is 0 Å². The Hall–Kier alpha value is -1.58. The van der Waals surface area contributed by atoms with Crippen molar-refractivity contribution in [1.29, 1.82) is 0 Å². The third-order valence-electron chi connectivity index (χ3n) is 3.48. The molecule has 0 spiro atoms. The van der Waals surface area contributed by atoms with Crippen LogP contribution in [0.2, 0.25) is 0 Å². The number of benzene rings is 1. The fourth-order valence-electron chi connectivity index (χ4n) is 2.23. The first kappa shape index (κ1) is 14.8.